The van der Waals surface area contributed by atoms with Crippen LogP contribution < -0.4 is 5.73 Å². The molecule has 1 amide bonds. The lowest BCUT2D eigenvalue weighted by Gasteiger charge is -2.37. The second-order valence-corrected chi connectivity index (χ2v) is 6.38. The van der Waals surface area contributed by atoms with Gasteiger partial charge in [-0.15, -0.1) is 0 Å². The van der Waals surface area contributed by atoms with Crippen LogP contribution in [-0.4, -0.2) is 35.7 Å². The normalized spacial score (nSPS) is 30.2. The van der Waals surface area contributed by atoms with Crippen molar-refractivity contribution in [2.24, 2.45) is 17.6 Å². The summed E-state index contributed by atoms with van der Waals surface area (Å²) < 4.78 is 5.41. The summed E-state index contributed by atoms with van der Waals surface area (Å²) in [6.07, 6.45) is 3.27. The minimum absolute atomic E-state index is 0.185. The first-order valence-corrected chi connectivity index (χ1v) is 6.60. The van der Waals surface area contributed by atoms with Gasteiger partial charge >= 0.3 is 6.09 Å². The Morgan fingerprint density at radius 3 is 2.47 bits per heavy atom. The van der Waals surface area contributed by atoms with E-state index in [2.05, 4.69) is 0 Å². The highest BCUT2D eigenvalue weighted by atomic mass is 16.6. The van der Waals surface area contributed by atoms with Crippen molar-refractivity contribution in [3.8, 4) is 0 Å². The van der Waals surface area contributed by atoms with Gasteiger partial charge in [-0.25, -0.2) is 4.79 Å². The molecule has 0 bridgehead atoms. The van der Waals surface area contributed by atoms with E-state index in [-0.39, 0.29) is 12.1 Å². The van der Waals surface area contributed by atoms with Gasteiger partial charge in [-0.2, -0.15) is 0 Å². The van der Waals surface area contributed by atoms with Crippen molar-refractivity contribution < 1.29 is 9.53 Å². The van der Waals surface area contributed by atoms with Crippen LogP contribution in [0.1, 0.15) is 40.0 Å². The number of carbonyl (C=O) groups excluding carboxylic acids is 1. The molecule has 1 heterocycles. The lowest BCUT2D eigenvalue weighted by molar-refractivity contribution is 0.0134. The predicted molar refractivity (Wildman–Crippen MR) is 66.6 cm³/mol. The average Bonchev–Trinajstić information content (AvgIpc) is 2.99. The zero-order valence-corrected chi connectivity index (χ0v) is 11.1. The van der Waals surface area contributed by atoms with Gasteiger partial charge in [0.1, 0.15) is 5.60 Å². The van der Waals surface area contributed by atoms with E-state index in [0.29, 0.717) is 5.92 Å². The third-order valence-corrected chi connectivity index (χ3v) is 3.59. The van der Waals surface area contributed by atoms with Crippen LogP contribution in [0, 0.1) is 11.8 Å². The smallest absolute Gasteiger partial charge is 0.410 e. The molecule has 2 atom stereocenters. The van der Waals surface area contributed by atoms with Crippen LogP contribution in [-0.2, 0) is 4.74 Å². The molecule has 1 aliphatic heterocycles. The van der Waals surface area contributed by atoms with Gasteiger partial charge in [0, 0.05) is 19.1 Å². The first-order chi connectivity index (χ1) is 7.87. The number of rotatable bonds is 1. The summed E-state index contributed by atoms with van der Waals surface area (Å²) in [6, 6.07) is 0.265. The maximum atomic E-state index is 12.0. The summed E-state index contributed by atoms with van der Waals surface area (Å²) in [5, 5.41) is 0. The Balaban J connectivity index is 1.91. The second kappa shape index (κ2) is 4.48. The van der Waals surface area contributed by atoms with Crippen molar-refractivity contribution in [1.29, 1.82) is 0 Å². The molecule has 0 aromatic carbocycles. The third-order valence-electron chi connectivity index (χ3n) is 3.59. The van der Waals surface area contributed by atoms with Crippen LogP contribution in [0.15, 0.2) is 0 Å². The first kappa shape index (κ1) is 12.7. The van der Waals surface area contributed by atoms with Crippen LogP contribution >= 0.6 is 0 Å². The fourth-order valence-corrected chi connectivity index (χ4v) is 2.52. The van der Waals surface area contributed by atoms with E-state index in [1.807, 2.05) is 25.7 Å². The van der Waals surface area contributed by atoms with Gasteiger partial charge in [-0.05, 0) is 51.9 Å². The molecule has 2 aliphatic rings. The highest BCUT2D eigenvalue weighted by Gasteiger charge is 2.40. The maximum Gasteiger partial charge on any atom is 0.410 e. The summed E-state index contributed by atoms with van der Waals surface area (Å²) in [5.41, 5.74) is 5.72. The van der Waals surface area contributed by atoms with Gasteiger partial charge in [-0.3, -0.25) is 0 Å². The van der Waals surface area contributed by atoms with E-state index in [9.17, 15) is 4.79 Å². The van der Waals surface area contributed by atoms with E-state index in [0.717, 1.165) is 25.4 Å². The third kappa shape index (κ3) is 3.35. The van der Waals surface area contributed by atoms with Crippen LogP contribution in [0.25, 0.3) is 0 Å². The van der Waals surface area contributed by atoms with E-state index >= 15 is 0 Å². The zero-order chi connectivity index (χ0) is 12.6. The molecular formula is C13H24N2O2. The lowest BCUT2D eigenvalue weighted by atomic mass is 9.89. The monoisotopic (exact) mass is 240 g/mol. The van der Waals surface area contributed by atoms with Crippen molar-refractivity contribution in [1.82, 2.24) is 4.90 Å². The molecule has 0 radical (unpaired) electrons. The van der Waals surface area contributed by atoms with E-state index in [1.165, 1.54) is 12.8 Å². The van der Waals surface area contributed by atoms with Crippen molar-refractivity contribution >= 4 is 6.09 Å². The summed E-state index contributed by atoms with van der Waals surface area (Å²) in [5.74, 6) is 1.23. The summed E-state index contributed by atoms with van der Waals surface area (Å²) in [7, 11) is 0. The molecule has 98 valence electrons. The Labute approximate surface area is 103 Å². The van der Waals surface area contributed by atoms with Crippen molar-refractivity contribution in [2.45, 2.75) is 51.7 Å². The highest BCUT2D eigenvalue weighted by molar-refractivity contribution is 5.68. The number of likely N-dealkylation sites (tertiary alicyclic amines) is 1. The van der Waals surface area contributed by atoms with Gasteiger partial charge in [0.2, 0.25) is 0 Å². The maximum absolute atomic E-state index is 12.0. The van der Waals surface area contributed by atoms with Crippen LogP contribution in [0.2, 0.25) is 0 Å². The topological polar surface area (TPSA) is 55.6 Å². The predicted octanol–water partition coefficient (Wildman–Crippen LogP) is 1.98. The molecule has 0 aromatic rings. The zero-order valence-electron chi connectivity index (χ0n) is 11.1. The molecule has 1 saturated carbocycles. The fourth-order valence-electron chi connectivity index (χ4n) is 2.52. The number of nitrogens with two attached hydrogens (primary N) is 1. The Hall–Kier alpha value is -0.770. The van der Waals surface area contributed by atoms with E-state index in [1.54, 1.807) is 0 Å². The van der Waals surface area contributed by atoms with Crippen molar-refractivity contribution in [2.75, 3.05) is 13.1 Å². The number of piperidine rings is 1. The molecule has 4 nitrogen and oxygen atoms in total. The number of hydrogen-bond donors (Lipinski definition) is 1. The van der Waals surface area contributed by atoms with E-state index in [4.69, 9.17) is 10.5 Å². The lowest BCUT2D eigenvalue weighted by Crippen LogP contribution is -2.51. The SMILES string of the molecule is CC(C)(C)OC(=O)N1CC[C@H](N)[C@H](C2CC2)C1. The van der Waals surface area contributed by atoms with Gasteiger partial charge < -0.3 is 15.4 Å². The largest absolute Gasteiger partial charge is 0.444 e. The first-order valence-electron chi connectivity index (χ1n) is 6.60. The van der Waals surface area contributed by atoms with Gasteiger partial charge in [0.25, 0.3) is 0 Å². The highest BCUT2D eigenvalue weighted by Crippen LogP contribution is 2.40. The molecule has 0 spiro atoms. The molecule has 1 saturated heterocycles. The van der Waals surface area contributed by atoms with Crippen molar-refractivity contribution in [3.63, 3.8) is 0 Å². The number of ether oxygens (including phenoxy) is 1. The quantitative estimate of drug-likeness (QED) is 0.762. The minimum Gasteiger partial charge on any atom is -0.444 e. The van der Waals surface area contributed by atoms with Gasteiger partial charge in [0.05, 0.1) is 0 Å². The minimum atomic E-state index is -0.411. The number of amides is 1. The molecule has 2 rings (SSSR count). The van der Waals surface area contributed by atoms with Gasteiger partial charge in [0.15, 0.2) is 0 Å². The Morgan fingerprint density at radius 2 is 1.94 bits per heavy atom. The second-order valence-electron chi connectivity index (χ2n) is 6.38. The van der Waals surface area contributed by atoms with Gasteiger partial charge in [-0.1, -0.05) is 0 Å². The Bertz CT molecular complexity index is 294. The van der Waals surface area contributed by atoms with Crippen LogP contribution in [0.5, 0.6) is 0 Å². The number of nitrogens with zero attached hydrogens (tertiary/aromatic N) is 1. The molecule has 4 heteroatoms. The molecule has 17 heavy (non-hydrogen) atoms. The molecule has 0 unspecified atom stereocenters. The molecule has 2 N–H and O–H groups in total. The Morgan fingerprint density at radius 1 is 1.29 bits per heavy atom. The van der Waals surface area contributed by atoms with Crippen LogP contribution in [0.3, 0.4) is 0 Å². The Kier molecular flexibility index (Phi) is 3.34. The summed E-state index contributed by atoms with van der Waals surface area (Å²) >= 11 is 0. The standard InChI is InChI=1S/C13H24N2O2/c1-13(2,3)17-12(16)15-7-6-11(14)10(8-15)9-4-5-9/h9-11H,4-8,14H2,1-3H3/t10-,11-/m0/s1. The molecular weight excluding hydrogens is 216 g/mol. The number of carbonyl (C=O) groups is 1. The molecule has 2 fully saturated rings. The average molecular weight is 240 g/mol. The van der Waals surface area contributed by atoms with Crippen LogP contribution in [0.4, 0.5) is 4.79 Å². The summed E-state index contributed by atoms with van der Waals surface area (Å²) in [4.78, 5) is 13.8. The van der Waals surface area contributed by atoms with E-state index < -0.39 is 5.60 Å². The molecule has 0 aromatic heterocycles. The number of hydrogen-bond acceptors (Lipinski definition) is 3. The summed E-state index contributed by atoms with van der Waals surface area (Å²) in [6.45, 7) is 7.22. The fraction of sp³-hybridized carbons (Fsp3) is 0.923. The molecule has 1 aliphatic carbocycles. The van der Waals surface area contributed by atoms with Crippen molar-refractivity contribution in [3.05, 3.63) is 0 Å².